The molecule has 1 heterocycles. The topological polar surface area (TPSA) is 50.1 Å². The summed E-state index contributed by atoms with van der Waals surface area (Å²) >= 11 is 0. The quantitative estimate of drug-likeness (QED) is 0.624. The average Bonchev–Trinajstić information content (AvgIpc) is 2.27. The zero-order valence-corrected chi connectivity index (χ0v) is 7.56. The highest BCUT2D eigenvalue weighted by Crippen LogP contribution is 2.27. The molecule has 0 aliphatic carbocycles. The molecular weight excluding hydrogens is 178 g/mol. The van der Waals surface area contributed by atoms with Crippen molar-refractivity contribution in [2.24, 2.45) is 0 Å². The third-order valence-electron chi connectivity index (χ3n) is 2.44. The van der Waals surface area contributed by atoms with Gasteiger partial charge in [-0.2, -0.15) is 5.26 Å². The molecule has 3 nitrogen and oxygen atoms in total. The highest BCUT2D eigenvalue weighted by molar-refractivity contribution is 5.65. The van der Waals surface area contributed by atoms with Crippen molar-refractivity contribution in [3.8, 4) is 6.07 Å². The Labute approximate surface area is 81.9 Å². The van der Waals surface area contributed by atoms with Crippen LogP contribution in [0.25, 0.3) is 0 Å². The minimum absolute atomic E-state index is 0.216. The van der Waals surface area contributed by atoms with Gasteiger partial charge in [-0.05, 0) is 17.2 Å². The van der Waals surface area contributed by atoms with Gasteiger partial charge in [-0.15, -0.1) is 0 Å². The third-order valence-corrected chi connectivity index (χ3v) is 2.44. The molecule has 1 atom stereocenters. The summed E-state index contributed by atoms with van der Waals surface area (Å²) in [5, 5.41) is 8.86. The molecular formula is C11H9NO2. The van der Waals surface area contributed by atoms with Crippen molar-refractivity contribution in [2.45, 2.75) is 12.5 Å². The molecule has 3 heteroatoms. The van der Waals surface area contributed by atoms with Crippen LogP contribution in [0.2, 0.25) is 0 Å². The van der Waals surface area contributed by atoms with Crippen LogP contribution in [-0.4, -0.2) is 12.9 Å². The van der Waals surface area contributed by atoms with Gasteiger partial charge in [-0.3, -0.25) is 0 Å². The Morgan fingerprint density at radius 2 is 2.43 bits per heavy atom. The zero-order chi connectivity index (χ0) is 9.97. The SMILES string of the molecule is N#Cc1cccc2c1COC[C@H]2C=O. The Morgan fingerprint density at radius 3 is 3.14 bits per heavy atom. The summed E-state index contributed by atoms with van der Waals surface area (Å²) in [7, 11) is 0. The van der Waals surface area contributed by atoms with Crippen LogP contribution >= 0.6 is 0 Å². The average molecular weight is 187 g/mol. The number of aldehydes is 1. The molecule has 1 aliphatic heterocycles. The number of hydrogen-bond acceptors (Lipinski definition) is 3. The van der Waals surface area contributed by atoms with Crippen molar-refractivity contribution < 1.29 is 9.53 Å². The number of ether oxygens (including phenoxy) is 1. The van der Waals surface area contributed by atoms with E-state index >= 15 is 0 Å². The summed E-state index contributed by atoms with van der Waals surface area (Å²) in [5.74, 6) is -0.216. The van der Waals surface area contributed by atoms with E-state index in [0.717, 1.165) is 17.4 Å². The fourth-order valence-corrected chi connectivity index (χ4v) is 1.71. The van der Waals surface area contributed by atoms with Crippen LogP contribution in [-0.2, 0) is 16.1 Å². The molecule has 0 spiro atoms. The maximum atomic E-state index is 10.8. The lowest BCUT2D eigenvalue weighted by atomic mass is 9.91. The highest BCUT2D eigenvalue weighted by Gasteiger charge is 2.21. The molecule has 0 fully saturated rings. The van der Waals surface area contributed by atoms with E-state index in [9.17, 15) is 4.79 Å². The molecule has 1 aromatic carbocycles. The van der Waals surface area contributed by atoms with Gasteiger partial charge in [0.15, 0.2) is 0 Å². The van der Waals surface area contributed by atoms with E-state index in [1.807, 2.05) is 6.07 Å². The fraction of sp³-hybridized carbons (Fsp3) is 0.273. The van der Waals surface area contributed by atoms with Crippen LogP contribution in [0.5, 0.6) is 0 Å². The van der Waals surface area contributed by atoms with Crippen molar-refractivity contribution in [1.29, 1.82) is 5.26 Å². The normalized spacial score (nSPS) is 19.5. The monoisotopic (exact) mass is 187 g/mol. The molecule has 0 saturated carbocycles. The molecule has 70 valence electrons. The summed E-state index contributed by atoms with van der Waals surface area (Å²) in [4.78, 5) is 10.8. The Morgan fingerprint density at radius 1 is 1.57 bits per heavy atom. The van der Waals surface area contributed by atoms with E-state index in [4.69, 9.17) is 10.00 Å². The molecule has 0 saturated heterocycles. The molecule has 0 radical (unpaired) electrons. The predicted octanol–water partition coefficient (Wildman–Crippen LogP) is 1.37. The second-order valence-electron chi connectivity index (χ2n) is 3.24. The summed E-state index contributed by atoms with van der Waals surface area (Å²) < 4.78 is 5.26. The number of benzene rings is 1. The molecule has 14 heavy (non-hydrogen) atoms. The van der Waals surface area contributed by atoms with Crippen LogP contribution in [0, 0.1) is 11.3 Å². The van der Waals surface area contributed by atoms with E-state index in [2.05, 4.69) is 6.07 Å². The molecule has 0 N–H and O–H groups in total. The van der Waals surface area contributed by atoms with Crippen molar-refractivity contribution in [3.05, 3.63) is 34.9 Å². The standard InChI is InChI=1S/C11H9NO2/c12-4-8-2-1-3-10-9(5-13)6-14-7-11(8)10/h1-3,5,9H,6-7H2/t9-/m1/s1. The van der Waals surface area contributed by atoms with Gasteiger partial charge in [-0.25, -0.2) is 0 Å². The number of rotatable bonds is 1. The molecule has 0 bridgehead atoms. The third kappa shape index (κ3) is 1.30. The second kappa shape index (κ2) is 3.60. The number of fused-ring (bicyclic) bond motifs is 1. The van der Waals surface area contributed by atoms with Gasteiger partial charge in [-0.1, -0.05) is 12.1 Å². The summed E-state index contributed by atoms with van der Waals surface area (Å²) in [5.41, 5.74) is 2.40. The summed E-state index contributed by atoms with van der Waals surface area (Å²) in [6, 6.07) is 7.54. The number of nitriles is 1. The molecule has 0 amide bonds. The summed E-state index contributed by atoms with van der Waals surface area (Å²) in [6.07, 6.45) is 0.874. The van der Waals surface area contributed by atoms with Crippen LogP contribution in [0.4, 0.5) is 0 Å². The fourth-order valence-electron chi connectivity index (χ4n) is 1.71. The van der Waals surface area contributed by atoms with E-state index in [-0.39, 0.29) is 5.92 Å². The first kappa shape index (κ1) is 8.92. The largest absolute Gasteiger partial charge is 0.376 e. The van der Waals surface area contributed by atoms with Crippen molar-refractivity contribution in [3.63, 3.8) is 0 Å². The molecule has 2 rings (SSSR count). The van der Waals surface area contributed by atoms with Crippen molar-refractivity contribution >= 4 is 6.29 Å². The lowest BCUT2D eigenvalue weighted by molar-refractivity contribution is -0.110. The zero-order valence-electron chi connectivity index (χ0n) is 7.56. The number of carbonyl (C=O) groups is 1. The maximum Gasteiger partial charge on any atom is 0.129 e. The Hall–Kier alpha value is -1.66. The maximum absolute atomic E-state index is 10.8. The van der Waals surface area contributed by atoms with Gasteiger partial charge in [0.2, 0.25) is 0 Å². The molecule has 1 aromatic rings. The van der Waals surface area contributed by atoms with Crippen LogP contribution in [0.3, 0.4) is 0 Å². The van der Waals surface area contributed by atoms with Crippen molar-refractivity contribution in [1.82, 2.24) is 0 Å². The molecule has 0 unspecified atom stereocenters. The van der Waals surface area contributed by atoms with E-state index < -0.39 is 0 Å². The number of hydrogen-bond donors (Lipinski definition) is 0. The number of carbonyl (C=O) groups excluding carboxylic acids is 1. The second-order valence-corrected chi connectivity index (χ2v) is 3.24. The first-order valence-electron chi connectivity index (χ1n) is 4.41. The summed E-state index contributed by atoms with van der Waals surface area (Å²) in [6.45, 7) is 0.856. The lowest BCUT2D eigenvalue weighted by Crippen LogP contribution is -2.18. The van der Waals surface area contributed by atoms with E-state index in [0.29, 0.717) is 18.8 Å². The van der Waals surface area contributed by atoms with Crippen LogP contribution < -0.4 is 0 Å². The van der Waals surface area contributed by atoms with Gasteiger partial charge in [0.1, 0.15) is 6.29 Å². The minimum atomic E-state index is -0.216. The predicted molar refractivity (Wildman–Crippen MR) is 49.6 cm³/mol. The number of nitrogens with zero attached hydrogens (tertiary/aromatic N) is 1. The Balaban J connectivity index is 2.55. The van der Waals surface area contributed by atoms with Gasteiger partial charge in [0.25, 0.3) is 0 Å². The first-order chi connectivity index (χ1) is 6.86. The first-order valence-corrected chi connectivity index (χ1v) is 4.41. The van der Waals surface area contributed by atoms with Crippen LogP contribution in [0.15, 0.2) is 18.2 Å². The van der Waals surface area contributed by atoms with E-state index in [1.165, 1.54) is 0 Å². The Kier molecular flexibility index (Phi) is 2.30. The molecule has 0 aromatic heterocycles. The molecule has 1 aliphatic rings. The minimum Gasteiger partial charge on any atom is -0.376 e. The van der Waals surface area contributed by atoms with Gasteiger partial charge < -0.3 is 9.53 Å². The highest BCUT2D eigenvalue weighted by atomic mass is 16.5. The van der Waals surface area contributed by atoms with Gasteiger partial charge >= 0.3 is 0 Å². The van der Waals surface area contributed by atoms with Gasteiger partial charge in [0.05, 0.1) is 30.8 Å². The lowest BCUT2D eigenvalue weighted by Gasteiger charge is -2.22. The Bertz CT molecular complexity index is 406. The van der Waals surface area contributed by atoms with Gasteiger partial charge in [0, 0.05) is 0 Å². The smallest absolute Gasteiger partial charge is 0.129 e. The van der Waals surface area contributed by atoms with E-state index in [1.54, 1.807) is 12.1 Å². The van der Waals surface area contributed by atoms with Crippen molar-refractivity contribution in [2.75, 3.05) is 6.61 Å². The van der Waals surface area contributed by atoms with Crippen LogP contribution in [0.1, 0.15) is 22.6 Å².